The standard InChI is InChI=1S/C15H10F2O2/c16-12-5-1-2-7-14(12)18-9-11-8-10-4-3-6-13(17)15(10)19-11/h1-8H,9H2. The molecule has 0 saturated heterocycles. The highest BCUT2D eigenvalue weighted by Crippen LogP contribution is 2.23. The minimum absolute atomic E-state index is 0.0506. The fourth-order valence-corrected chi connectivity index (χ4v) is 1.86. The zero-order chi connectivity index (χ0) is 13.2. The van der Waals surface area contributed by atoms with Gasteiger partial charge in [-0.3, -0.25) is 0 Å². The van der Waals surface area contributed by atoms with Crippen LogP contribution in [0.5, 0.6) is 5.75 Å². The number of furan rings is 1. The first-order valence-corrected chi connectivity index (χ1v) is 5.78. The molecular formula is C15H10F2O2. The number of benzene rings is 2. The van der Waals surface area contributed by atoms with Crippen LogP contribution in [0.4, 0.5) is 8.78 Å². The van der Waals surface area contributed by atoms with Gasteiger partial charge in [0.15, 0.2) is 23.0 Å². The number of ether oxygens (including phenoxy) is 1. The number of para-hydroxylation sites is 2. The van der Waals surface area contributed by atoms with Crippen LogP contribution in [-0.4, -0.2) is 0 Å². The maximum Gasteiger partial charge on any atom is 0.170 e. The first kappa shape index (κ1) is 11.7. The largest absolute Gasteiger partial charge is 0.483 e. The highest BCUT2D eigenvalue weighted by molar-refractivity contribution is 5.78. The lowest BCUT2D eigenvalue weighted by Gasteiger charge is -2.04. The summed E-state index contributed by atoms with van der Waals surface area (Å²) in [5, 5.41) is 0.659. The summed E-state index contributed by atoms with van der Waals surface area (Å²) in [4.78, 5) is 0. The molecular weight excluding hydrogens is 250 g/mol. The number of rotatable bonds is 3. The molecule has 2 aromatic carbocycles. The van der Waals surface area contributed by atoms with Crippen molar-refractivity contribution in [2.24, 2.45) is 0 Å². The predicted molar refractivity (Wildman–Crippen MR) is 66.9 cm³/mol. The zero-order valence-corrected chi connectivity index (χ0v) is 9.90. The molecule has 1 aromatic heterocycles. The summed E-state index contributed by atoms with van der Waals surface area (Å²) in [5.74, 6) is -0.272. The lowest BCUT2D eigenvalue weighted by Crippen LogP contribution is -1.95. The molecule has 3 aromatic rings. The molecule has 0 unspecified atom stereocenters. The molecule has 0 amide bonds. The third-order valence-electron chi connectivity index (χ3n) is 2.75. The van der Waals surface area contributed by atoms with Crippen molar-refractivity contribution in [1.29, 1.82) is 0 Å². The number of hydrogen-bond donors (Lipinski definition) is 0. The van der Waals surface area contributed by atoms with E-state index in [4.69, 9.17) is 9.15 Å². The van der Waals surface area contributed by atoms with Crippen LogP contribution in [0.2, 0.25) is 0 Å². The smallest absolute Gasteiger partial charge is 0.170 e. The second-order valence-electron chi connectivity index (χ2n) is 4.09. The average Bonchev–Trinajstić information content (AvgIpc) is 2.82. The normalized spacial score (nSPS) is 10.8. The number of halogens is 2. The van der Waals surface area contributed by atoms with Crippen LogP contribution in [-0.2, 0) is 6.61 Å². The summed E-state index contributed by atoms with van der Waals surface area (Å²) >= 11 is 0. The van der Waals surface area contributed by atoms with Gasteiger partial charge in [0.2, 0.25) is 0 Å². The van der Waals surface area contributed by atoms with E-state index in [2.05, 4.69) is 0 Å². The van der Waals surface area contributed by atoms with Crippen molar-refractivity contribution >= 4 is 11.0 Å². The van der Waals surface area contributed by atoms with Crippen molar-refractivity contribution in [2.75, 3.05) is 0 Å². The van der Waals surface area contributed by atoms with Crippen molar-refractivity contribution in [3.63, 3.8) is 0 Å². The third-order valence-corrected chi connectivity index (χ3v) is 2.75. The van der Waals surface area contributed by atoms with Gasteiger partial charge in [0, 0.05) is 5.39 Å². The summed E-state index contributed by atoms with van der Waals surface area (Å²) in [7, 11) is 0. The number of fused-ring (bicyclic) bond motifs is 1. The van der Waals surface area contributed by atoms with E-state index < -0.39 is 11.6 Å². The Morgan fingerprint density at radius 3 is 2.53 bits per heavy atom. The number of hydrogen-bond acceptors (Lipinski definition) is 2. The van der Waals surface area contributed by atoms with Gasteiger partial charge in [-0.25, -0.2) is 8.78 Å². The summed E-state index contributed by atoms with van der Waals surface area (Å²) in [6.07, 6.45) is 0. The van der Waals surface area contributed by atoms with Crippen molar-refractivity contribution < 1.29 is 17.9 Å². The Bertz CT molecular complexity index is 719. The van der Waals surface area contributed by atoms with E-state index in [9.17, 15) is 8.78 Å². The minimum Gasteiger partial charge on any atom is -0.483 e. The minimum atomic E-state index is -0.440. The van der Waals surface area contributed by atoms with Gasteiger partial charge in [0.05, 0.1) is 0 Å². The Morgan fingerprint density at radius 2 is 1.74 bits per heavy atom. The van der Waals surface area contributed by atoms with Gasteiger partial charge >= 0.3 is 0 Å². The Hall–Kier alpha value is -2.36. The molecule has 0 aliphatic heterocycles. The molecule has 0 fully saturated rings. The van der Waals surface area contributed by atoms with Gasteiger partial charge in [-0.1, -0.05) is 24.3 Å². The molecule has 1 heterocycles. The molecule has 96 valence electrons. The Kier molecular flexibility index (Phi) is 2.91. The van der Waals surface area contributed by atoms with E-state index >= 15 is 0 Å². The second kappa shape index (κ2) is 4.72. The van der Waals surface area contributed by atoms with Crippen molar-refractivity contribution in [3.8, 4) is 5.75 Å². The van der Waals surface area contributed by atoms with Gasteiger partial charge in [0.1, 0.15) is 12.4 Å². The van der Waals surface area contributed by atoms with Gasteiger partial charge in [-0.15, -0.1) is 0 Å². The first-order chi connectivity index (χ1) is 9.24. The van der Waals surface area contributed by atoms with Crippen LogP contribution in [0.25, 0.3) is 11.0 Å². The molecule has 0 spiro atoms. The maximum atomic E-state index is 13.4. The Balaban J connectivity index is 1.83. The van der Waals surface area contributed by atoms with Crippen molar-refractivity contribution in [1.82, 2.24) is 0 Å². The van der Waals surface area contributed by atoms with E-state index in [1.807, 2.05) is 0 Å². The van der Waals surface area contributed by atoms with Crippen LogP contribution in [0.1, 0.15) is 5.76 Å². The summed E-state index contributed by atoms with van der Waals surface area (Å²) < 4.78 is 37.4. The van der Waals surface area contributed by atoms with E-state index in [0.717, 1.165) is 0 Å². The van der Waals surface area contributed by atoms with E-state index in [0.29, 0.717) is 11.1 Å². The summed E-state index contributed by atoms with van der Waals surface area (Å²) in [5.41, 5.74) is 0.189. The van der Waals surface area contributed by atoms with Crippen LogP contribution < -0.4 is 4.74 Å². The highest BCUT2D eigenvalue weighted by atomic mass is 19.1. The molecule has 0 bridgehead atoms. The lowest BCUT2D eigenvalue weighted by atomic mass is 10.2. The molecule has 2 nitrogen and oxygen atoms in total. The predicted octanol–water partition coefficient (Wildman–Crippen LogP) is 4.29. The van der Waals surface area contributed by atoms with E-state index in [1.54, 1.807) is 30.3 Å². The van der Waals surface area contributed by atoms with Crippen LogP contribution in [0, 0.1) is 11.6 Å². The molecule has 0 N–H and O–H groups in total. The van der Waals surface area contributed by atoms with E-state index in [-0.39, 0.29) is 17.9 Å². The first-order valence-electron chi connectivity index (χ1n) is 5.78. The van der Waals surface area contributed by atoms with Crippen LogP contribution >= 0.6 is 0 Å². The van der Waals surface area contributed by atoms with Gasteiger partial charge in [0.25, 0.3) is 0 Å². The maximum absolute atomic E-state index is 13.4. The fraction of sp³-hybridized carbons (Fsp3) is 0.0667. The van der Waals surface area contributed by atoms with Crippen molar-refractivity contribution in [2.45, 2.75) is 6.61 Å². The van der Waals surface area contributed by atoms with Crippen LogP contribution in [0.3, 0.4) is 0 Å². The second-order valence-corrected chi connectivity index (χ2v) is 4.09. The van der Waals surface area contributed by atoms with Gasteiger partial charge in [-0.05, 0) is 24.3 Å². The topological polar surface area (TPSA) is 22.4 Å². The molecule has 0 radical (unpaired) electrons. The lowest BCUT2D eigenvalue weighted by molar-refractivity contribution is 0.261. The van der Waals surface area contributed by atoms with Gasteiger partial charge < -0.3 is 9.15 Å². The Morgan fingerprint density at radius 1 is 0.947 bits per heavy atom. The van der Waals surface area contributed by atoms with E-state index in [1.165, 1.54) is 18.2 Å². The molecule has 4 heteroatoms. The summed E-state index contributed by atoms with van der Waals surface area (Å²) in [6, 6.07) is 12.5. The Labute approximate surface area is 108 Å². The monoisotopic (exact) mass is 260 g/mol. The molecule has 19 heavy (non-hydrogen) atoms. The molecule has 0 aliphatic rings. The van der Waals surface area contributed by atoms with Crippen molar-refractivity contribution in [3.05, 3.63) is 65.9 Å². The van der Waals surface area contributed by atoms with Crippen LogP contribution in [0.15, 0.2) is 52.9 Å². The third kappa shape index (κ3) is 2.29. The fourth-order valence-electron chi connectivity index (χ4n) is 1.86. The SMILES string of the molecule is Fc1ccccc1OCc1cc2cccc(F)c2o1. The average molecular weight is 260 g/mol. The molecule has 0 aliphatic carbocycles. The van der Waals surface area contributed by atoms with Gasteiger partial charge in [-0.2, -0.15) is 0 Å². The quantitative estimate of drug-likeness (QED) is 0.701. The molecule has 0 saturated carbocycles. The highest BCUT2D eigenvalue weighted by Gasteiger charge is 2.09. The summed E-state index contributed by atoms with van der Waals surface area (Å²) in [6.45, 7) is 0.0506. The zero-order valence-electron chi connectivity index (χ0n) is 9.90. The molecule has 0 atom stereocenters. The molecule has 3 rings (SSSR count).